The van der Waals surface area contributed by atoms with Gasteiger partial charge in [-0.1, -0.05) is 0 Å². The van der Waals surface area contributed by atoms with Gasteiger partial charge in [0.1, 0.15) is 0 Å². The molecule has 0 N–H and O–H groups in total. The van der Waals surface area contributed by atoms with Gasteiger partial charge in [0.15, 0.2) is 11.8 Å². The summed E-state index contributed by atoms with van der Waals surface area (Å²) in [5.41, 5.74) is -2.06. The van der Waals surface area contributed by atoms with E-state index in [1.165, 1.54) is 0 Å². The van der Waals surface area contributed by atoms with Gasteiger partial charge in [0, 0.05) is 0 Å². The first-order chi connectivity index (χ1) is 7.56. The fourth-order valence-electron chi connectivity index (χ4n) is 0.355. The Kier molecular flexibility index (Phi) is 3.30. The summed E-state index contributed by atoms with van der Waals surface area (Å²) in [7, 11) is 0. The molecule has 0 aliphatic carbocycles. The Hall–Kier alpha value is -1.41. The van der Waals surface area contributed by atoms with Crippen molar-refractivity contribution in [3.8, 4) is 0 Å². The molecule has 96 valence electrons. The highest BCUT2D eigenvalue weighted by molar-refractivity contribution is 4.95. The van der Waals surface area contributed by atoms with E-state index in [2.05, 4.69) is 30.7 Å². The summed E-state index contributed by atoms with van der Waals surface area (Å²) in [6, 6.07) is 0. The Bertz CT molecular complexity index is 347. The summed E-state index contributed by atoms with van der Waals surface area (Å²) in [4.78, 5) is 0. The average Bonchev–Trinajstić information content (AvgIpc) is 2.98. The molecule has 0 aromatic carbocycles. The molecule has 3 heterocycles. The van der Waals surface area contributed by atoms with Crippen LogP contribution >= 0.6 is 0 Å². The van der Waals surface area contributed by atoms with Crippen molar-refractivity contribution < 1.29 is 13.2 Å². The van der Waals surface area contributed by atoms with Gasteiger partial charge in [-0.25, -0.2) is 0 Å². The van der Waals surface area contributed by atoms with Crippen LogP contribution in [-0.2, 0) is 0 Å². The lowest BCUT2D eigenvalue weighted by Crippen LogP contribution is -2.28. The number of nitrogens with zero attached hydrogens (tertiary/aromatic N) is 6. The number of halogens is 3. The first kappa shape index (κ1) is 13.7. The first-order valence-corrected chi connectivity index (χ1v) is 4.91. The van der Waals surface area contributed by atoms with Crippen LogP contribution in [0.15, 0.2) is 30.7 Å². The topological polar surface area (TPSA) is 74.2 Å². The van der Waals surface area contributed by atoms with Crippen LogP contribution in [0.1, 0.15) is 27.7 Å². The van der Waals surface area contributed by atoms with E-state index >= 15 is 0 Å². The molecule has 0 fully saturated rings. The van der Waals surface area contributed by atoms with Crippen molar-refractivity contribution in [1.29, 1.82) is 0 Å². The smallest absolute Gasteiger partial charge is 0.166 e. The van der Waals surface area contributed by atoms with Gasteiger partial charge in [0.25, 0.3) is 5.66 Å². The fraction of sp³-hybridized carbons (Fsp3) is 1.00. The molecule has 0 aromatic rings. The second-order valence-electron chi connectivity index (χ2n) is 4.28. The van der Waals surface area contributed by atoms with Crippen molar-refractivity contribution in [3.05, 3.63) is 0 Å². The summed E-state index contributed by atoms with van der Waals surface area (Å²) in [6.45, 7) is 6.80. The van der Waals surface area contributed by atoms with Gasteiger partial charge in [-0.2, -0.15) is 33.6 Å². The third-order valence-electron chi connectivity index (χ3n) is 1.78. The van der Waals surface area contributed by atoms with Crippen molar-refractivity contribution in [2.45, 2.75) is 51.4 Å². The van der Waals surface area contributed by atoms with Crippen molar-refractivity contribution >= 4 is 0 Å². The van der Waals surface area contributed by atoms with E-state index in [0.29, 0.717) is 6.17 Å². The Balaban J connectivity index is 0.000000137. The third-order valence-corrected chi connectivity index (χ3v) is 1.78. The predicted molar refractivity (Wildman–Crippen MR) is 52.6 cm³/mol. The van der Waals surface area contributed by atoms with Gasteiger partial charge in [0.05, 0.1) is 0 Å². The molecule has 0 saturated carbocycles. The first-order valence-electron chi connectivity index (χ1n) is 4.91. The van der Waals surface area contributed by atoms with E-state index in [-0.39, 0.29) is 5.66 Å². The van der Waals surface area contributed by atoms with E-state index in [1.54, 1.807) is 0 Å². The molecule has 0 spiro atoms. The van der Waals surface area contributed by atoms with Crippen LogP contribution in [0.5, 0.6) is 0 Å². The van der Waals surface area contributed by atoms with Crippen molar-refractivity contribution in [1.82, 2.24) is 0 Å². The molecule has 0 unspecified atom stereocenters. The Morgan fingerprint density at radius 2 is 1.18 bits per heavy atom. The summed E-state index contributed by atoms with van der Waals surface area (Å²) < 4.78 is 34.3. The van der Waals surface area contributed by atoms with E-state index in [0.717, 1.165) is 6.92 Å². The van der Waals surface area contributed by atoms with Crippen LogP contribution < -0.4 is 0 Å². The lowest BCUT2D eigenvalue weighted by atomic mass is 10.3. The molecule has 3 aliphatic rings. The Labute approximate surface area is 96.1 Å². The molecule has 0 radical (unpaired) electrons. The van der Waals surface area contributed by atoms with E-state index in [1.807, 2.05) is 20.8 Å². The van der Waals surface area contributed by atoms with Crippen molar-refractivity contribution in [2.75, 3.05) is 0 Å². The minimum atomic E-state index is -4.28. The standard InChI is InChI=1S/C3H3F3N2.C3H6N2.C2H4N2/c1-2(7-8-2)3(4,5)6;1-3(2)4-5-3;1-2-3-4-2/h1H3;1-2H3;2H,1H3. The van der Waals surface area contributed by atoms with Gasteiger partial charge in [-0.05, 0) is 27.7 Å². The maximum atomic E-state index is 11.4. The van der Waals surface area contributed by atoms with Gasteiger partial charge < -0.3 is 0 Å². The second kappa shape index (κ2) is 4.11. The van der Waals surface area contributed by atoms with Crippen molar-refractivity contribution in [3.63, 3.8) is 0 Å². The zero-order chi connectivity index (χ0) is 13.3. The van der Waals surface area contributed by atoms with E-state index < -0.39 is 11.8 Å². The molecular weight excluding hydrogens is 237 g/mol. The Morgan fingerprint density at radius 3 is 1.18 bits per heavy atom. The molecule has 0 amide bonds. The molecule has 0 aromatic heterocycles. The minimum absolute atomic E-state index is 0. The van der Waals surface area contributed by atoms with Crippen LogP contribution in [0.2, 0.25) is 0 Å². The Morgan fingerprint density at radius 1 is 0.882 bits per heavy atom. The van der Waals surface area contributed by atoms with Gasteiger partial charge >= 0.3 is 6.18 Å². The second-order valence-corrected chi connectivity index (χ2v) is 4.28. The van der Waals surface area contributed by atoms with Crippen LogP contribution in [0.4, 0.5) is 13.2 Å². The van der Waals surface area contributed by atoms with Gasteiger partial charge in [0.2, 0.25) is 0 Å². The SMILES string of the molecule is CC1(C(F)(F)F)N=N1.CC1(C)N=N1.CC1N=N1. The normalized spacial score (nSPS) is 24.2. The number of hydrogen-bond donors (Lipinski definition) is 0. The zero-order valence-corrected chi connectivity index (χ0v) is 9.89. The molecule has 3 rings (SSSR count). The van der Waals surface area contributed by atoms with Gasteiger partial charge in [-0.15, -0.1) is 10.2 Å². The maximum Gasteiger partial charge on any atom is 0.437 e. The minimum Gasteiger partial charge on any atom is -0.166 e. The highest BCUT2D eigenvalue weighted by Crippen LogP contribution is 2.43. The van der Waals surface area contributed by atoms with Crippen LogP contribution in [-0.4, -0.2) is 23.7 Å². The molecule has 0 bridgehead atoms. The lowest BCUT2D eigenvalue weighted by Gasteiger charge is -2.06. The van der Waals surface area contributed by atoms with Crippen LogP contribution in [0.25, 0.3) is 0 Å². The monoisotopic (exact) mass is 250 g/mol. The third kappa shape index (κ3) is 5.45. The maximum absolute atomic E-state index is 11.4. The molecule has 3 aliphatic heterocycles. The average molecular weight is 250 g/mol. The van der Waals surface area contributed by atoms with Gasteiger partial charge in [-0.3, -0.25) is 0 Å². The summed E-state index contributed by atoms with van der Waals surface area (Å²) in [5, 5.41) is 20.0. The molecule has 17 heavy (non-hydrogen) atoms. The van der Waals surface area contributed by atoms with Crippen LogP contribution in [0, 0.1) is 0 Å². The molecule has 0 saturated heterocycles. The number of hydrogen-bond acceptors (Lipinski definition) is 6. The highest BCUT2D eigenvalue weighted by atomic mass is 19.4. The molecular formula is C8H13F3N6. The number of alkyl halides is 3. The molecule has 0 atom stereocenters. The predicted octanol–water partition coefficient (Wildman–Crippen LogP) is 3.72. The van der Waals surface area contributed by atoms with E-state index in [9.17, 15) is 13.2 Å². The fourth-order valence-corrected chi connectivity index (χ4v) is 0.355. The largest absolute Gasteiger partial charge is 0.437 e. The summed E-state index contributed by atoms with van der Waals surface area (Å²) >= 11 is 0. The van der Waals surface area contributed by atoms with E-state index in [4.69, 9.17) is 0 Å². The highest BCUT2D eigenvalue weighted by Gasteiger charge is 2.59. The van der Waals surface area contributed by atoms with Crippen molar-refractivity contribution in [2.24, 2.45) is 30.7 Å². The zero-order valence-electron chi connectivity index (χ0n) is 9.89. The molecule has 6 nitrogen and oxygen atoms in total. The summed E-state index contributed by atoms with van der Waals surface area (Å²) in [6.07, 6.45) is -3.95. The lowest BCUT2D eigenvalue weighted by molar-refractivity contribution is -0.158. The van der Waals surface area contributed by atoms with Crippen LogP contribution in [0.3, 0.4) is 0 Å². The molecule has 9 heteroatoms. The quantitative estimate of drug-likeness (QED) is 0.628. The summed E-state index contributed by atoms with van der Waals surface area (Å²) in [5.74, 6) is 0. The number of rotatable bonds is 0.